The lowest BCUT2D eigenvalue weighted by Gasteiger charge is -2.05. The maximum Gasteiger partial charge on any atom is 0.244 e. The molecule has 2 rings (SSSR count). The Labute approximate surface area is 145 Å². The second-order valence-electron chi connectivity index (χ2n) is 5.50. The molecule has 0 bridgehead atoms. The summed E-state index contributed by atoms with van der Waals surface area (Å²) in [6.45, 7) is 1.93. The average molecular weight is 340 g/mol. The van der Waals surface area contributed by atoms with Crippen LogP contribution in [0, 0.1) is 0 Å². The third-order valence-corrected chi connectivity index (χ3v) is 3.41. The topological polar surface area (TPSA) is 98.7 Å². The Morgan fingerprint density at radius 1 is 1.04 bits per heavy atom. The Hall–Kier alpha value is -3.28. The Kier molecular flexibility index (Phi) is 6.17. The van der Waals surface area contributed by atoms with Gasteiger partial charge in [-0.3, -0.25) is 9.59 Å². The van der Waals surface area contributed by atoms with Gasteiger partial charge in [0.05, 0.1) is 0 Å². The zero-order valence-electron chi connectivity index (χ0n) is 13.8. The van der Waals surface area contributed by atoms with Crippen LogP contribution in [0.4, 0.5) is 5.69 Å². The van der Waals surface area contributed by atoms with Crippen LogP contribution in [0.1, 0.15) is 18.1 Å². The first-order valence-electron chi connectivity index (χ1n) is 7.78. The Bertz CT molecular complexity index is 783. The van der Waals surface area contributed by atoms with E-state index in [1.165, 1.54) is 25.1 Å². The summed E-state index contributed by atoms with van der Waals surface area (Å²) in [6.07, 6.45) is 3.59. The van der Waals surface area contributed by atoms with Crippen molar-refractivity contribution in [2.75, 3.05) is 11.9 Å². The van der Waals surface area contributed by atoms with Crippen molar-refractivity contribution in [3.05, 3.63) is 59.7 Å². The van der Waals surface area contributed by atoms with Crippen molar-refractivity contribution >= 4 is 23.6 Å². The van der Waals surface area contributed by atoms with E-state index in [9.17, 15) is 19.8 Å². The van der Waals surface area contributed by atoms with Gasteiger partial charge in [-0.1, -0.05) is 18.2 Å². The van der Waals surface area contributed by atoms with Crippen LogP contribution in [-0.2, 0) is 16.0 Å². The number of phenols is 2. The number of benzene rings is 2. The molecule has 0 radical (unpaired) electrons. The van der Waals surface area contributed by atoms with Crippen LogP contribution in [0.15, 0.2) is 48.5 Å². The quantitative estimate of drug-likeness (QED) is 0.479. The molecule has 25 heavy (non-hydrogen) atoms. The van der Waals surface area contributed by atoms with Crippen LogP contribution in [0.2, 0.25) is 0 Å². The molecule has 0 aliphatic heterocycles. The minimum absolute atomic E-state index is 0.117. The van der Waals surface area contributed by atoms with Crippen molar-refractivity contribution in [1.82, 2.24) is 5.32 Å². The third kappa shape index (κ3) is 6.02. The first-order valence-corrected chi connectivity index (χ1v) is 7.78. The number of phenolic OH excluding ortho intramolecular Hbond substituents is 2. The number of nitrogens with one attached hydrogen (secondary N) is 2. The maximum atomic E-state index is 11.8. The van der Waals surface area contributed by atoms with Crippen LogP contribution < -0.4 is 10.6 Å². The van der Waals surface area contributed by atoms with Crippen LogP contribution in [0.5, 0.6) is 11.5 Å². The summed E-state index contributed by atoms with van der Waals surface area (Å²) in [5, 5.41) is 24.1. The molecule has 2 aromatic rings. The van der Waals surface area contributed by atoms with Gasteiger partial charge in [-0.2, -0.15) is 0 Å². The number of carbonyl (C=O) groups is 2. The maximum absolute atomic E-state index is 11.8. The fraction of sp³-hybridized carbons (Fsp3) is 0.158. The molecular weight excluding hydrogens is 320 g/mol. The lowest BCUT2D eigenvalue weighted by atomic mass is 10.1. The molecule has 2 aromatic carbocycles. The van der Waals surface area contributed by atoms with Gasteiger partial charge in [0.25, 0.3) is 0 Å². The van der Waals surface area contributed by atoms with E-state index in [-0.39, 0.29) is 23.3 Å². The second-order valence-corrected chi connectivity index (χ2v) is 5.50. The smallest absolute Gasteiger partial charge is 0.244 e. The van der Waals surface area contributed by atoms with E-state index in [1.54, 1.807) is 12.1 Å². The lowest BCUT2D eigenvalue weighted by Crippen LogP contribution is -2.23. The van der Waals surface area contributed by atoms with Gasteiger partial charge in [0.2, 0.25) is 11.8 Å². The molecule has 0 saturated carbocycles. The van der Waals surface area contributed by atoms with E-state index < -0.39 is 0 Å². The predicted octanol–water partition coefficient (Wildman–Crippen LogP) is 2.43. The normalized spacial score (nSPS) is 10.6. The summed E-state index contributed by atoms with van der Waals surface area (Å²) in [7, 11) is 0. The molecule has 0 fully saturated rings. The SMILES string of the molecule is CC(=O)Nc1ccc(CCNC(=O)/C=C/c2ccc(O)c(O)c2)cc1. The molecule has 0 atom stereocenters. The van der Waals surface area contributed by atoms with E-state index in [1.807, 2.05) is 24.3 Å². The van der Waals surface area contributed by atoms with Gasteiger partial charge in [0.1, 0.15) is 0 Å². The van der Waals surface area contributed by atoms with Gasteiger partial charge in [-0.15, -0.1) is 0 Å². The van der Waals surface area contributed by atoms with Crippen molar-refractivity contribution in [3.8, 4) is 11.5 Å². The van der Waals surface area contributed by atoms with Gasteiger partial charge in [0, 0.05) is 25.2 Å². The second kappa shape index (κ2) is 8.54. The monoisotopic (exact) mass is 340 g/mol. The Balaban J connectivity index is 1.79. The number of hydrogen-bond acceptors (Lipinski definition) is 4. The van der Waals surface area contributed by atoms with Crippen molar-refractivity contribution in [1.29, 1.82) is 0 Å². The highest BCUT2D eigenvalue weighted by molar-refractivity contribution is 5.91. The number of hydrogen-bond donors (Lipinski definition) is 4. The first kappa shape index (κ1) is 18.1. The predicted molar refractivity (Wildman–Crippen MR) is 96.3 cm³/mol. The van der Waals surface area contributed by atoms with Crippen molar-refractivity contribution in [2.45, 2.75) is 13.3 Å². The van der Waals surface area contributed by atoms with Gasteiger partial charge in [-0.05, 0) is 47.9 Å². The molecule has 6 heteroatoms. The number of carbonyl (C=O) groups excluding carboxylic acids is 2. The van der Waals surface area contributed by atoms with Gasteiger partial charge in [-0.25, -0.2) is 0 Å². The fourth-order valence-corrected chi connectivity index (χ4v) is 2.16. The van der Waals surface area contributed by atoms with Crippen LogP contribution in [-0.4, -0.2) is 28.6 Å². The molecule has 0 aliphatic rings. The van der Waals surface area contributed by atoms with E-state index in [0.717, 1.165) is 11.3 Å². The highest BCUT2D eigenvalue weighted by Crippen LogP contribution is 2.25. The first-order chi connectivity index (χ1) is 11.9. The summed E-state index contributed by atoms with van der Waals surface area (Å²) in [5.74, 6) is -0.799. The number of rotatable bonds is 6. The minimum Gasteiger partial charge on any atom is -0.504 e. The number of amides is 2. The minimum atomic E-state index is -0.248. The molecule has 130 valence electrons. The van der Waals surface area contributed by atoms with Crippen molar-refractivity contribution in [3.63, 3.8) is 0 Å². The molecule has 4 N–H and O–H groups in total. The highest BCUT2D eigenvalue weighted by atomic mass is 16.3. The molecule has 0 aliphatic carbocycles. The molecule has 0 aromatic heterocycles. The number of anilines is 1. The summed E-state index contributed by atoms with van der Waals surface area (Å²) in [5.41, 5.74) is 2.39. The third-order valence-electron chi connectivity index (χ3n) is 3.41. The molecule has 6 nitrogen and oxygen atoms in total. The van der Waals surface area contributed by atoms with E-state index in [0.29, 0.717) is 18.5 Å². The van der Waals surface area contributed by atoms with E-state index >= 15 is 0 Å². The van der Waals surface area contributed by atoms with Gasteiger partial charge >= 0.3 is 0 Å². The van der Waals surface area contributed by atoms with Crippen molar-refractivity contribution < 1.29 is 19.8 Å². The molecule has 0 spiro atoms. The van der Waals surface area contributed by atoms with Crippen molar-refractivity contribution in [2.24, 2.45) is 0 Å². The standard InChI is InChI=1S/C19H20N2O4/c1-13(22)21-16-6-2-14(3-7-16)10-11-20-19(25)9-5-15-4-8-17(23)18(24)12-15/h2-9,12,23-24H,10-11H2,1H3,(H,20,25)(H,21,22)/b9-5+. The molecule has 0 heterocycles. The average Bonchev–Trinajstić information content (AvgIpc) is 2.57. The van der Waals surface area contributed by atoms with E-state index in [4.69, 9.17) is 0 Å². The lowest BCUT2D eigenvalue weighted by molar-refractivity contribution is -0.116. The fourth-order valence-electron chi connectivity index (χ4n) is 2.16. The summed E-state index contributed by atoms with van der Waals surface area (Å²) in [4.78, 5) is 22.7. The summed E-state index contributed by atoms with van der Waals surface area (Å²) < 4.78 is 0. The highest BCUT2D eigenvalue weighted by Gasteiger charge is 2.00. The van der Waals surface area contributed by atoms with E-state index in [2.05, 4.69) is 10.6 Å². The van der Waals surface area contributed by atoms with Crippen LogP contribution >= 0.6 is 0 Å². The number of aromatic hydroxyl groups is 2. The summed E-state index contributed by atoms with van der Waals surface area (Å²) >= 11 is 0. The van der Waals surface area contributed by atoms with Gasteiger partial charge < -0.3 is 20.8 Å². The molecule has 0 unspecified atom stereocenters. The molecule has 2 amide bonds. The van der Waals surface area contributed by atoms with Gasteiger partial charge in [0.15, 0.2) is 11.5 Å². The summed E-state index contributed by atoms with van der Waals surface area (Å²) in [6, 6.07) is 11.7. The Morgan fingerprint density at radius 2 is 1.76 bits per heavy atom. The zero-order valence-corrected chi connectivity index (χ0v) is 13.8. The zero-order chi connectivity index (χ0) is 18.2. The molecule has 0 saturated heterocycles. The molecular formula is C19H20N2O4. The van der Waals surface area contributed by atoms with Crippen LogP contribution in [0.3, 0.4) is 0 Å². The Morgan fingerprint density at radius 3 is 2.40 bits per heavy atom. The largest absolute Gasteiger partial charge is 0.504 e. The van der Waals surface area contributed by atoms with Crippen LogP contribution in [0.25, 0.3) is 6.08 Å².